The van der Waals surface area contributed by atoms with Crippen molar-refractivity contribution in [1.29, 1.82) is 0 Å². The molecule has 0 aliphatic carbocycles. The minimum absolute atomic E-state index is 0.928. The Morgan fingerprint density at radius 1 is 0.895 bits per heavy atom. The van der Waals surface area contributed by atoms with Crippen LogP contribution >= 0.6 is 11.8 Å². The summed E-state index contributed by atoms with van der Waals surface area (Å²) in [7, 11) is 0. The Kier molecular flexibility index (Phi) is 4.06. The Morgan fingerprint density at radius 2 is 1.63 bits per heavy atom. The first kappa shape index (κ1) is 13.0. The van der Waals surface area contributed by atoms with Crippen molar-refractivity contribution < 1.29 is 0 Å². The Bertz CT molecular complexity index is 423. The molecule has 0 atom stereocenters. The summed E-state index contributed by atoms with van der Waals surface area (Å²) in [6.07, 6.45) is 3.95. The van der Waals surface area contributed by atoms with E-state index in [-0.39, 0.29) is 0 Å². The van der Waals surface area contributed by atoms with Crippen molar-refractivity contribution in [2.45, 2.75) is 19.3 Å². The molecule has 0 saturated carbocycles. The van der Waals surface area contributed by atoms with E-state index in [1.165, 1.54) is 42.1 Å². The molecule has 4 heteroatoms. The average molecular weight is 277 g/mol. The van der Waals surface area contributed by atoms with Gasteiger partial charge in [0.15, 0.2) is 0 Å². The number of nitrogens with two attached hydrogens (primary N) is 1. The minimum Gasteiger partial charge on any atom is -0.397 e. The van der Waals surface area contributed by atoms with Crippen LogP contribution in [0, 0.1) is 0 Å². The standard InChI is InChI=1S/C15H23N3S/c16-14-5-4-13(17-8-10-19-11-9-17)12-15(14)18-6-2-1-3-7-18/h4-5,12H,1-3,6-11,16H2. The van der Waals surface area contributed by atoms with Gasteiger partial charge in [-0.25, -0.2) is 0 Å². The number of piperidine rings is 1. The fourth-order valence-corrected chi connectivity index (χ4v) is 3.86. The number of hydrogen-bond donors (Lipinski definition) is 1. The SMILES string of the molecule is Nc1ccc(N2CCSCC2)cc1N1CCCCC1. The third kappa shape index (κ3) is 2.94. The molecule has 0 bridgehead atoms. The van der Waals surface area contributed by atoms with Gasteiger partial charge in [0.05, 0.1) is 11.4 Å². The molecule has 2 heterocycles. The van der Waals surface area contributed by atoms with Crippen LogP contribution in [0.3, 0.4) is 0 Å². The molecular weight excluding hydrogens is 254 g/mol. The molecule has 104 valence electrons. The molecule has 2 aliphatic rings. The van der Waals surface area contributed by atoms with E-state index in [0.717, 1.165) is 31.9 Å². The maximum atomic E-state index is 6.19. The van der Waals surface area contributed by atoms with Crippen LogP contribution in [0.5, 0.6) is 0 Å². The lowest BCUT2D eigenvalue weighted by molar-refractivity contribution is 0.578. The van der Waals surface area contributed by atoms with Crippen LogP contribution in [0.15, 0.2) is 18.2 Å². The molecule has 19 heavy (non-hydrogen) atoms. The number of nitrogen functional groups attached to an aromatic ring is 1. The van der Waals surface area contributed by atoms with Crippen LogP contribution < -0.4 is 15.5 Å². The van der Waals surface area contributed by atoms with E-state index in [9.17, 15) is 0 Å². The van der Waals surface area contributed by atoms with Crippen molar-refractivity contribution in [2.24, 2.45) is 0 Å². The first-order chi connectivity index (χ1) is 9.34. The summed E-state index contributed by atoms with van der Waals surface area (Å²) in [5.41, 5.74) is 9.70. The second kappa shape index (κ2) is 5.95. The van der Waals surface area contributed by atoms with Crippen LogP contribution in [-0.4, -0.2) is 37.7 Å². The van der Waals surface area contributed by atoms with Crippen molar-refractivity contribution in [1.82, 2.24) is 0 Å². The normalized spacial score (nSPS) is 20.6. The first-order valence-electron chi connectivity index (χ1n) is 7.32. The molecule has 1 aromatic rings. The van der Waals surface area contributed by atoms with Gasteiger partial charge in [0.25, 0.3) is 0 Å². The molecule has 0 spiro atoms. The van der Waals surface area contributed by atoms with E-state index in [4.69, 9.17) is 5.73 Å². The summed E-state index contributed by atoms with van der Waals surface area (Å²) in [5, 5.41) is 0. The molecule has 2 aliphatic heterocycles. The number of nitrogens with zero attached hydrogens (tertiary/aromatic N) is 2. The summed E-state index contributed by atoms with van der Waals surface area (Å²) < 4.78 is 0. The lowest BCUT2D eigenvalue weighted by Gasteiger charge is -2.33. The largest absolute Gasteiger partial charge is 0.397 e. The lowest BCUT2D eigenvalue weighted by Crippen LogP contribution is -2.33. The smallest absolute Gasteiger partial charge is 0.0620 e. The molecule has 0 unspecified atom stereocenters. The fourth-order valence-electron chi connectivity index (χ4n) is 2.96. The maximum absolute atomic E-state index is 6.19. The van der Waals surface area contributed by atoms with E-state index in [1.807, 2.05) is 0 Å². The van der Waals surface area contributed by atoms with Crippen LogP contribution in [0.2, 0.25) is 0 Å². The van der Waals surface area contributed by atoms with Gasteiger partial charge >= 0.3 is 0 Å². The number of thioether (sulfide) groups is 1. The molecule has 2 N–H and O–H groups in total. The van der Waals surface area contributed by atoms with Gasteiger partial charge in [-0.1, -0.05) is 0 Å². The quantitative estimate of drug-likeness (QED) is 0.843. The third-order valence-electron chi connectivity index (χ3n) is 4.09. The Balaban J connectivity index is 1.82. The highest BCUT2D eigenvalue weighted by Gasteiger charge is 2.17. The zero-order valence-electron chi connectivity index (χ0n) is 11.5. The zero-order valence-corrected chi connectivity index (χ0v) is 12.3. The summed E-state index contributed by atoms with van der Waals surface area (Å²) in [6.45, 7) is 4.63. The van der Waals surface area contributed by atoms with Crippen LogP contribution in [-0.2, 0) is 0 Å². The second-order valence-electron chi connectivity index (χ2n) is 5.39. The third-order valence-corrected chi connectivity index (χ3v) is 5.03. The van der Waals surface area contributed by atoms with Gasteiger partial charge in [-0.2, -0.15) is 11.8 Å². The lowest BCUT2D eigenvalue weighted by atomic mass is 10.1. The number of benzene rings is 1. The van der Waals surface area contributed by atoms with E-state index >= 15 is 0 Å². The van der Waals surface area contributed by atoms with Gasteiger partial charge in [-0.3, -0.25) is 0 Å². The first-order valence-corrected chi connectivity index (χ1v) is 8.47. The summed E-state index contributed by atoms with van der Waals surface area (Å²) in [4.78, 5) is 4.95. The number of rotatable bonds is 2. The van der Waals surface area contributed by atoms with Gasteiger partial charge in [0, 0.05) is 43.4 Å². The molecule has 3 nitrogen and oxygen atoms in total. The molecule has 0 aromatic heterocycles. The highest BCUT2D eigenvalue weighted by atomic mass is 32.2. The average Bonchev–Trinajstić information content (AvgIpc) is 2.49. The van der Waals surface area contributed by atoms with E-state index < -0.39 is 0 Å². The second-order valence-corrected chi connectivity index (χ2v) is 6.61. The predicted octanol–water partition coefficient (Wildman–Crippen LogP) is 2.81. The summed E-state index contributed by atoms with van der Waals surface area (Å²) in [5.74, 6) is 2.48. The molecule has 2 saturated heterocycles. The van der Waals surface area contributed by atoms with Crippen molar-refractivity contribution in [3.05, 3.63) is 18.2 Å². The summed E-state index contributed by atoms with van der Waals surface area (Å²) in [6, 6.07) is 6.57. The van der Waals surface area contributed by atoms with Gasteiger partial charge < -0.3 is 15.5 Å². The molecular formula is C15H23N3S. The Hall–Kier alpha value is -1.03. The predicted molar refractivity (Wildman–Crippen MR) is 86.5 cm³/mol. The van der Waals surface area contributed by atoms with Crippen LogP contribution in [0.1, 0.15) is 19.3 Å². The van der Waals surface area contributed by atoms with Gasteiger partial charge in [-0.05, 0) is 37.5 Å². The number of hydrogen-bond acceptors (Lipinski definition) is 4. The molecule has 3 rings (SSSR count). The maximum Gasteiger partial charge on any atom is 0.0620 e. The fraction of sp³-hybridized carbons (Fsp3) is 0.600. The van der Waals surface area contributed by atoms with E-state index in [2.05, 4.69) is 39.8 Å². The monoisotopic (exact) mass is 277 g/mol. The highest BCUT2D eigenvalue weighted by Crippen LogP contribution is 2.31. The van der Waals surface area contributed by atoms with Crippen molar-refractivity contribution in [3.63, 3.8) is 0 Å². The van der Waals surface area contributed by atoms with Crippen LogP contribution in [0.25, 0.3) is 0 Å². The van der Waals surface area contributed by atoms with E-state index in [0.29, 0.717) is 0 Å². The minimum atomic E-state index is 0.928. The van der Waals surface area contributed by atoms with Crippen molar-refractivity contribution in [2.75, 3.05) is 53.2 Å². The molecule has 0 radical (unpaired) electrons. The van der Waals surface area contributed by atoms with Gasteiger partial charge in [0.2, 0.25) is 0 Å². The van der Waals surface area contributed by atoms with E-state index in [1.54, 1.807) is 0 Å². The summed E-state index contributed by atoms with van der Waals surface area (Å²) >= 11 is 2.05. The zero-order chi connectivity index (χ0) is 13.1. The number of anilines is 3. The Labute approximate surface area is 120 Å². The molecule has 0 amide bonds. The van der Waals surface area contributed by atoms with Crippen molar-refractivity contribution >= 4 is 28.8 Å². The highest BCUT2D eigenvalue weighted by molar-refractivity contribution is 7.99. The van der Waals surface area contributed by atoms with Gasteiger partial charge in [0.1, 0.15) is 0 Å². The van der Waals surface area contributed by atoms with Crippen molar-refractivity contribution in [3.8, 4) is 0 Å². The van der Waals surface area contributed by atoms with Gasteiger partial charge in [-0.15, -0.1) is 0 Å². The molecule has 1 aromatic carbocycles. The van der Waals surface area contributed by atoms with Crippen LogP contribution in [0.4, 0.5) is 17.1 Å². The topological polar surface area (TPSA) is 32.5 Å². The molecule has 2 fully saturated rings. The Morgan fingerprint density at radius 3 is 2.37 bits per heavy atom.